The zero-order valence-electron chi connectivity index (χ0n) is 21.1. The lowest BCUT2D eigenvalue weighted by Crippen LogP contribution is -2.37. The van der Waals surface area contributed by atoms with E-state index >= 15 is 0 Å². The van der Waals surface area contributed by atoms with Gasteiger partial charge in [-0.3, -0.25) is 5.01 Å². The van der Waals surface area contributed by atoms with Crippen LogP contribution in [-0.4, -0.2) is 59.1 Å². The first-order chi connectivity index (χ1) is 17.5. The van der Waals surface area contributed by atoms with Crippen molar-refractivity contribution in [1.82, 2.24) is 19.9 Å². The second-order valence-corrected chi connectivity index (χ2v) is 9.62. The SMILES string of the molecule is COC(=O)c1ccc2c(c1)[nH]c1nc(Cc3ccccc3C)nc(N(N)CCCN3CCCCC3)c12. The highest BCUT2D eigenvalue weighted by atomic mass is 16.5. The van der Waals surface area contributed by atoms with Crippen molar-refractivity contribution in [1.29, 1.82) is 0 Å². The standard InChI is InChI=1S/C28H34N6O2/c1-19-9-4-5-10-20(19)18-24-31-26-25(22-12-11-21(28(35)36-2)17-23(22)30-26)27(32-24)34(29)16-8-15-33-13-6-3-7-14-33/h4-5,9-12,17H,3,6-8,13-16,18,29H2,1-2H3,(H,30,31,32). The van der Waals surface area contributed by atoms with E-state index in [1.54, 1.807) is 17.1 Å². The van der Waals surface area contributed by atoms with Crippen molar-refractivity contribution in [3.8, 4) is 0 Å². The maximum Gasteiger partial charge on any atom is 0.337 e. The number of hydrogen-bond acceptors (Lipinski definition) is 7. The zero-order chi connectivity index (χ0) is 25.1. The van der Waals surface area contributed by atoms with Crippen LogP contribution in [-0.2, 0) is 11.2 Å². The summed E-state index contributed by atoms with van der Waals surface area (Å²) in [6, 6.07) is 13.8. The fourth-order valence-corrected chi connectivity index (χ4v) is 5.09. The smallest absolute Gasteiger partial charge is 0.337 e. The van der Waals surface area contributed by atoms with Gasteiger partial charge in [0.05, 0.1) is 18.1 Å². The minimum absolute atomic E-state index is 0.375. The van der Waals surface area contributed by atoms with Gasteiger partial charge in [-0.1, -0.05) is 36.8 Å². The number of fused-ring (bicyclic) bond motifs is 3. The van der Waals surface area contributed by atoms with Gasteiger partial charge in [-0.15, -0.1) is 0 Å². The summed E-state index contributed by atoms with van der Waals surface area (Å²) in [6.07, 6.45) is 5.47. The first-order valence-electron chi connectivity index (χ1n) is 12.7. The van der Waals surface area contributed by atoms with E-state index in [-0.39, 0.29) is 5.97 Å². The summed E-state index contributed by atoms with van der Waals surface area (Å²) in [7, 11) is 1.38. The van der Waals surface area contributed by atoms with E-state index in [0.717, 1.165) is 29.3 Å². The van der Waals surface area contributed by atoms with Crippen molar-refractivity contribution in [2.45, 2.75) is 39.0 Å². The molecular weight excluding hydrogens is 452 g/mol. The van der Waals surface area contributed by atoms with Crippen LogP contribution >= 0.6 is 0 Å². The van der Waals surface area contributed by atoms with Gasteiger partial charge < -0.3 is 14.6 Å². The number of rotatable bonds is 8. The molecule has 0 spiro atoms. The van der Waals surface area contributed by atoms with Crippen LogP contribution in [0.5, 0.6) is 0 Å². The Morgan fingerprint density at radius 3 is 2.72 bits per heavy atom. The van der Waals surface area contributed by atoms with Gasteiger partial charge in [0.15, 0.2) is 5.82 Å². The molecular formula is C28H34N6O2. The number of esters is 1. The molecule has 1 aliphatic rings. The molecule has 4 aromatic rings. The predicted octanol–water partition coefficient (Wildman–Crippen LogP) is 4.35. The van der Waals surface area contributed by atoms with Crippen LogP contribution in [0.25, 0.3) is 21.9 Å². The fourth-order valence-electron chi connectivity index (χ4n) is 5.09. The molecule has 2 aromatic heterocycles. The van der Waals surface area contributed by atoms with Crippen molar-refractivity contribution >= 4 is 33.7 Å². The number of anilines is 1. The lowest BCUT2D eigenvalue weighted by Gasteiger charge is -2.27. The summed E-state index contributed by atoms with van der Waals surface area (Å²) in [4.78, 5) is 27.8. The number of aryl methyl sites for hydroxylation is 1. The number of aromatic amines is 1. The molecule has 0 radical (unpaired) electrons. The van der Waals surface area contributed by atoms with Crippen LogP contribution in [0.3, 0.4) is 0 Å². The Labute approximate surface area is 211 Å². The molecule has 0 bridgehead atoms. The molecule has 0 saturated carbocycles. The lowest BCUT2D eigenvalue weighted by molar-refractivity contribution is 0.0601. The molecule has 0 unspecified atom stereocenters. The number of ether oxygens (including phenoxy) is 1. The largest absolute Gasteiger partial charge is 0.465 e. The Kier molecular flexibility index (Phi) is 7.16. The number of benzene rings is 2. The van der Waals surface area contributed by atoms with Gasteiger partial charge in [-0.2, -0.15) is 0 Å². The quantitative estimate of drug-likeness (QED) is 0.217. The van der Waals surface area contributed by atoms with Gasteiger partial charge in [-0.25, -0.2) is 20.6 Å². The van der Waals surface area contributed by atoms with Crippen LogP contribution in [0.4, 0.5) is 5.82 Å². The number of hydrogen-bond donors (Lipinski definition) is 2. The summed E-state index contributed by atoms with van der Waals surface area (Å²) in [5, 5.41) is 3.56. The molecule has 0 atom stereocenters. The van der Waals surface area contributed by atoms with Crippen LogP contribution < -0.4 is 10.9 Å². The van der Waals surface area contributed by atoms with Crippen molar-refractivity contribution in [3.05, 3.63) is 65.0 Å². The average molecular weight is 487 g/mol. The van der Waals surface area contributed by atoms with E-state index in [0.29, 0.717) is 35.8 Å². The number of carbonyl (C=O) groups is 1. The molecule has 5 rings (SSSR count). The predicted molar refractivity (Wildman–Crippen MR) is 143 cm³/mol. The third kappa shape index (κ3) is 5.05. The second-order valence-electron chi connectivity index (χ2n) is 9.62. The molecule has 36 heavy (non-hydrogen) atoms. The van der Waals surface area contributed by atoms with Gasteiger partial charge in [0, 0.05) is 23.9 Å². The molecule has 8 nitrogen and oxygen atoms in total. The summed E-state index contributed by atoms with van der Waals surface area (Å²) in [6.45, 7) is 6.18. The highest BCUT2D eigenvalue weighted by Crippen LogP contribution is 2.32. The Hall–Kier alpha value is -3.49. The molecule has 0 amide bonds. The Morgan fingerprint density at radius 2 is 1.94 bits per heavy atom. The summed E-state index contributed by atoms with van der Waals surface area (Å²) < 4.78 is 4.90. The summed E-state index contributed by atoms with van der Waals surface area (Å²) >= 11 is 0. The van der Waals surface area contributed by atoms with E-state index in [1.165, 1.54) is 50.6 Å². The number of nitrogens with two attached hydrogens (primary N) is 1. The Balaban J connectivity index is 1.51. The van der Waals surface area contributed by atoms with Crippen LogP contribution in [0.15, 0.2) is 42.5 Å². The number of H-pyrrole nitrogens is 1. The summed E-state index contributed by atoms with van der Waals surface area (Å²) in [5.74, 6) is 7.69. The van der Waals surface area contributed by atoms with Crippen molar-refractivity contribution in [2.75, 3.05) is 38.3 Å². The normalized spacial score (nSPS) is 14.4. The van der Waals surface area contributed by atoms with Crippen LogP contribution in [0, 0.1) is 6.92 Å². The first-order valence-corrected chi connectivity index (χ1v) is 12.7. The topological polar surface area (TPSA) is 100 Å². The van der Waals surface area contributed by atoms with E-state index in [9.17, 15) is 4.79 Å². The van der Waals surface area contributed by atoms with Crippen LogP contribution in [0.2, 0.25) is 0 Å². The lowest BCUT2D eigenvalue weighted by atomic mass is 10.1. The number of hydrazine groups is 1. The van der Waals surface area contributed by atoms with E-state index < -0.39 is 0 Å². The van der Waals surface area contributed by atoms with Gasteiger partial charge in [0.25, 0.3) is 0 Å². The number of nitrogens with one attached hydrogen (secondary N) is 1. The van der Waals surface area contributed by atoms with Gasteiger partial charge in [-0.05, 0) is 69.1 Å². The van der Waals surface area contributed by atoms with Gasteiger partial charge in [0.1, 0.15) is 11.5 Å². The number of nitrogens with zero attached hydrogens (tertiary/aromatic N) is 4. The van der Waals surface area contributed by atoms with Gasteiger partial charge in [0.2, 0.25) is 0 Å². The number of aromatic nitrogens is 3. The van der Waals surface area contributed by atoms with Crippen LogP contribution in [0.1, 0.15) is 53.0 Å². The highest BCUT2D eigenvalue weighted by molar-refractivity contribution is 6.12. The fraction of sp³-hybridized carbons (Fsp3) is 0.393. The first kappa shape index (κ1) is 24.2. The molecule has 8 heteroatoms. The Bertz CT molecular complexity index is 1380. The number of methoxy groups -OCH3 is 1. The third-order valence-corrected chi connectivity index (χ3v) is 7.10. The van der Waals surface area contributed by atoms with E-state index in [4.69, 9.17) is 20.5 Å². The molecule has 1 saturated heterocycles. The summed E-state index contributed by atoms with van der Waals surface area (Å²) in [5.41, 5.74) is 4.39. The molecule has 188 valence electrons. The molecule has 2 aromatic carbocycles. The van der Waals surface area contributed by atoms with E-state index in [2.05, 4.69) is 28.9 Å². The van der Waals surface area contributed by atoms with Crippen molar-refractivity contribution in [3.63, 3.8) is 0 Å². The molecule has 0 aliphatic carbocycles. The number of carbonyl (C=O) groups excluding carboxylic acids is 1. The maximum absolute atomic E-state index is 12.1. The minimum atomic E-state index is -0.375. The number of piperidine rings is 1. The van der Waals surface area contributed by atoms with E-state index in [1.807, 2.05) is 18.2 Å². The minimum Gasteiger partial charge on any atom is -0.465 e. The third-order valence-electron chi connectivity index (χ3n) is 7.10. The number of likely N-dealkylation sites (tertiary alicyclic amines) is 1. The van der Waals surface area contributed by atoms with Crippen molar-refractivity contribution in [2.24, 2.45) is 5.84 Å². The molecule has 3 heterocycles. The molecule has 3 N–H and O–H groups in total. The van der Waals surface area contributed by atoms with Crippen molar-refractivity contribution < 1.29 is 9.53 Å². The molecule has 1 aliphatic heterocycles. The second kappa shape index (κ2) is 10.6. The molecule has 1 fully saturated rings. The average Bonchev–Trinajstić information content (AvgIpc) is 3.27. The van der Waals surface area contributed by atoms with Gasteiger partial charge >= 0.3 is 5.97 Å². The monoisotopic (exact) mass is 486 g/mol. The highest BCUT2D eigenvalue weighted by Gasteiger charge is 2.19. The zero-order valence-corrected chi connectivity index (χ0v) is 21.1. The maximum atomic E-state index is 12.1. The Morgan fingerprint density at radius 1 is 1.14 bits per heavy atom.